The standard InChI is InChI=1S/C23H15BrFNO3S/c24-17-8-11-20(29-14-15-6-9-18(25)10-7-15)16(12-17)13-21-22(27)26(23(28)30-21)19-4-2-1-3-5-19/h1-13H,14H2/b21-13+. The van der Waals surface area contributed by atoms with E-state index in [0.717, 1.165) is 26.7 Å². The van der Waals surface area contributed by atoms with Gasteiger partial charge in [-0.1, -0.05) is 46.3 Å². The second-order valence-corrected chi connectivity index (χ2v) is 8.36. The van der Waals surface area contributed by atoms with Crippen LogP contribution in [0.5, 0.6) is 5.75 Å². The number of thioether (sulfide) groups is 1. The molecular weight excluding hydrogens is 469 g/mol. The average molecular weight is 484 g/mol. The maximum absolute atomic E-state index is 13.1. The molecule has 3 aromatic rings. The van der Waals surface area contributed by atoms with E-state index in [1.165, 1.54) is 12.1 Å². The summed E-state index contributed by atoms with van der Waals surface area (Å²) in [6.45, 7) is 0.244. The van der Waals surface area contributed by atoms with Crippen molar-refractivity contribution in [3.63, 3.8) is 0 Å². The number of anilines is 1. The van der Waals surface area contributed by atoms with Gasteiger partial charge in [0, 0.05) is 10.0 Å². The van der Waals surface area contributed by atoms with E-state index in [9.17, 15) is 14.0 Å². The number of hydrogen-bond donors (Lipinski definition) is 0. The highest BCUT2D eigenvalue weighted by Gasteiger charge is 2.36. The van der Waals surface area contributed by atoms with Crippen molar-refractivity contribution in [1.29, 1.82) is 0 Å². The number of imide groups is 1. The minimum Gasteiger partial charge on any atom is -0.488 e. The van der Waals surface area contributed by atoms with Gasteiger partial charge in [0.05, 0.1) is 10.6 Å². The monoisotopic (exact) mass is 483 g/mol. The van der Waals surface area contributed by atoms with Gasteiger partial charge in [0.25, 0.3) is 11.1 Å². The molecule has 0 spiro atoms. The number of benzene rings is 3. The van der Waals surface area contributed by atoms with E-state index >= 15 is 0 Å². The SMILES string of the molecule is O=C1S/C(=C/c2cc(Br)ccc2OCc2ccc(F)cc2)C(=O)N1c1ccccc1. The zero-order valence-electron chi connectivity index (χ0n) is 15.5. The lowest BCUT2D eigenvalue weighted by molar-refractivity contribution is -0.113. The summed E-state index contributed by atoms with van der Waals surface area (Å²) in [5.74, 6) is -0.132. The molecule has 0 N–H and O–H groups in total. The van der Waals surface area contributed by atoms with Crippen molar-refractivity contribution in [1.82, 2.24) is 0 Å². The molecule has 0 bridgehead atoms. The number of halogens is 2. The second-order valence-electron chi connectivity index (χ2n) is 6.45. The van der Waals surface area contributed by atoms with Crippen LogP contribution in [0.15, 0.2) is 82.2 Å². The van der Waals surface area contributed by atoms with Crippen molar-refractivity contribution in [2.24, 2.45) is 0 Å². The Kier molecular flexibility index (Phi) is 6.01. The fourth-order valence-electron chi connectivity index (χ4n) is 2.91. The summed E-state index contributed by atoms with van der Waals surface area (Å²) >= 11 is 4.32. The molecule has 1 saturated heterocycles. The maximum Gasteiger partial charge on any atom is 0.298 e. The third kappa shape index (κ3) is 4.47. The molecule has 0 aromatic heterocycles. The zero-order valence-corrected chi connectivity index (χ0v) is 18.0. The molecule has 1 aliphatic rings. The highest BCUT2D eigenvalue weighted by molar-refractivity contribution is 9.10. The van der Waals surface area contributed by atoms with Gasteiger partial charge in [-0.15, -0.1) is 0 Å². The fraction of sp³-hybridized carbons (Fsp3) is 0.0435. The van der Waals surface area contributed by atoms with Crippen molar-refractivity contribution in [3.8, 4) is 5.75 Å². The molecule has 30 heavy (non-hydrogen) atoms. The van der Waals surface area contributed by atoms with Crippen LogP contribution in [0.2, 0.25) is 0 Å². The van der Waals surface area contributed by atoms with E-state index in [2.05, 4.69) is 15.9 Å². The van der Waals surface area contributed by atoms with Crippen molar-refractivity contribution < 1.29 is 18.7 Å². The Hall–Kier alpha value is -2.90. The molecule has 0 atom stereocenters. The van der Waals surface area contributed by atoms with Gasteiger partial charge in [0.15, 0.2) is 0 Å². The first-order valence-electron chi connectivity index (χ1n) is 9.01. The number of para-hydroxylation sites is 1. The lowest BCUT2D eigenvalue weighted by atomic mass is 10.1. The van der Waals surface area contributed by atoms with Gasteiger partial charge in [0.2, 0.25) is 0 Å². The quantitative estimate of drug-likeness (QED) is 0.393. The highest BCUT2D eigenvalue weighted by atomic mass is 79.9. The summed E-state index contributed by atoms with van der Waals surface area (Å²) in [4.78, 5) is 26.8. The zero-order chi connectivity index (χ0) is 21.1. The van der Waals surface area contributed by atoms with Crippen LogP contribution in [0.25, 0.3) is 6.08 Å². The number of nitrogens with zero attached hydrogens (tertiary/aromatic N) is 1. The number of ether oxygens (including phenoxy) is 1. The Morgan fingerprint density at radius 2 is 1.73 bits per heavy atom. The normalized spacial score (nSPS) is 15.1. The predicted octanol–water partition coefficient (Wildman–Crippen LogP) is 6.41. The van der Waals surface area contributed by atoms with E-state index in [-0.39, 0.29) is 23.6 Å². The number of carbonyl (C=O) groups is 2. The first kappa shape index (κ1) is 20.4. The van der Waals surface area contributed by atoms with Crippen molar-refractivity contribution in [3.05, 3.63) is 99.1 Å². The van der Waals surface area contributed by atoms with Crippen LogP contribution in [-0.4, -0.2) is 11.1 Å². The lowest BCUT2D eigenvalue weighted by Gasteiger charge is -2.12. The largest absolute Gasteiger partial charge is 0.488 e. The average Bonchev–Trinajstić information content (AvgIpc) is 3.02. The van der Waals surface area contributed by atoms with E-state index in [1.54, 1.807) is 48.5 Å². The van der Waals surface area contributed by atoms with Crippen LogP contribution in [0.3, 0.4) is 0 Å². The van der Waals surface area contributed by atoms with Crippen LogP contribution < -0.4 is 9.64 Å². The first-order chi connectivity index (χ1) is 14.5. The molecule has 7 heteroatoms. The number of amides is 2. The van der Waals surface area contributed by atoms with E-state index in [4.69, 9.17) is 4.74 Å². The molecule has 1 fully saturated rings. The molecule has 4 rings (SSSR count). The lowest BCUT2D eigenvalue weighted by Crippen LogP contribution is -2.27. The fourth-order valence-corrected chi connectivity index (χ4v) is 4.12. The Labute approximate surface area is 185 Å². The summed E-state index contributed by atoms with van der Waals surface area (Å²) in [6, 6.07) is 20.3. The van der Waals surface area contributed by atoms with Crippen LogP contribution in [0, 0.1) is 5.82 Å². The van der Waals surface area contributed by atoms with Gasteiger partial charge in [0.1, 0.15) is 18.2 Å². The molecular formula is C23H15BrFNO3S. The molecule has 1 heterocycles. The molecule has 0 aliphatic carbocycles. The molecule has 4 nitrogen and oxygen atoms in total. The van der Waals surface area contributed by atoms with Crippen molar-refractivity contribution in [2.45, 2.75) is 6.61 Å². The van der Waals surface area contributed by atoms with Crippen molar-refractivity contribution >= 4 is 50.6 Å². The van der Waals surface area contributed by atoms with E-state index in [0.29, 0.717) is 21.9 Å². The summed E-state index contributed by atoms with van der Waals surface area (Å²) in [6.07, 6.45) is 1.65. The number of carbonyl (C=O) groups excluding carboxylic acids is 2. The van der Waals surface area contributed by atoms with Gasteiger partial charge in [-0.3, -0.25) is 9.59 Å². The minimum atomic E-state index is -0.374. The molecule has 1 aliphatic heterocycles. The van der Waals surface area contributed by atoms with Gasteiger partial charge >= 0.3 is 0 Å². The maximum atomic E-state index is 13.1. The Balaban J connectivity index is 1.60. The van der Waals surface area contributed by atoms with Gasteiger partial charge in [-0.25, -0.2) is 9.29 Å². The highest BCUT2D eigenvalue weighted by Crippen LogP contribution is 2.37. The Morgan fingerprint density at radius 1 is 1.00 bits per heavy atom. The molecule has 0 radical (unpaired) electrons. The number of rotatable bonds is 5. The predicted molar refractivity (Wildman–Crippen MR) is 120 cm³/mol. The third-order valence-corrected chi connectivity index (χ3v) is 5.74. The summed E-state index contributed by atoms with van der Waals surface area (Å²) in [5, 5.41) is -0.346. The second kappa shape index (κ2) is 8.85. The van der Waals surface area contributed by atoms with Crippen LogP contribution in [0.1, 0.15) is 11.1 Å². The Bertz CT molecular complexity index is 1130. The van der Waals surface area contributed by atoms with Crippen LogP contribution in [0.4, 0.5) is 14.9 Å². The molecule has 150 valence electrons. The molecule has 0 saturated carbocycles. The van der Waals surface area contributed by atoms with Crippen molar-refractivity contribution in [2.75, 3.05) is 4.90 Å². The smallest absolute Gasteiger partial charge is 0.298 e. The van der Waals surface area contributed by atoms with Crippen LogP contribution in [-0.2, 0) is 11.4 Å². The first-order valence-corrected chi connectivity index (χ1v) is 10.6. The summed E-state index contributed by atoms with van der Waals surface area (Å²) in [5.41, 5.74) is 2.00. The van der Waals surface area contributed by atoms with Gasteiger partial charge in [-0.2, -0.15) is 0 Å². The van der Waals surface area contributed by atoms with Crippen LogP contribution >= 0.6 is 27.7 Å². The number of hydrogen-bond acceptors (Lipinski definition) is 4. The topological polar surface area (TPSA) is 46.6 Å². The molecule has 3 aromatic carbocycles. The third-order valence-electron chi connectivity index (χ3n) is 4.37. The molecule has 0 unspecified atom stereocenters. The Morgan fingerprint density at radius 3 is 2.47 bits per heavy atom. The minimum absolute atomic E-state index is 0.244. The summed E-state index contributed by atoms with van der Waals surface area (Å²) < 4.78 is 19.8. The van der Waals surface area contributed by atoms with E-state index in [1.807, 2.05) is 18.2 Å². The summed E-state index contributed by atoms with van der Waals surface area (Å²) in [7, 11) is 0. The van der Waals surface area contributed by atoms with Gasteiger partial charge < -0.3 is 4.74 Å². The van der Waals surface area contributed by atoms with E-state index < -0.39 is 0 Å². The molecule has 2 amide bonds. The van der Waals surface area contributed by atoms with Gasteiger partial charge in [-0.05, 0) is 65.9 Å².